The van der Waals surface area contributed by atoms with Crippen LogP contribution in [0.15, 0.2) is 22.7 Å². The summed E-state index contributed by atoms with van der Waals surface area (Å²) in [5, 5.41) is 5.65. The summed E-state index contributed by atoms with van der Waals surface area (Å²) in [5.74, 6) is -1.13. The van der Waals surface area contributed by atoms with E-state index < -0.39 is 11.8 Å². The molecule has 26 heavy (non-hydrogen) atoms. The average molecular weight is 423 g/mol. The Balaban J connectivity index is 1.86. The van der Waals surface area contributed by atoms with Gasteiger partial charge in [-0.1, -0.05) is 63.9 Å². The number of aryl methyl sites for hydroxylation is 1. The number of amides is 2. The second-order valence-corrected chi connectivity index (χ2v) is 8.22. The molecule has 1 saturated carbocycles. The summed E-state index contributed by atoms with van der Waals surface area (Å²) < 4.78 is 0.782. The van der Waals surface area contributed by atoms with Gasteiger partial charge in [0.05, 0.1) is 5.69 Å². The fourth-order valence-corrected chi connectivity index (χ4v) is 4.05. The summed E-state index contributed by atoms with van der Waals surface area (Å²) in [4.78, 5) is 24.6. The van der Waals surface area contributed by atoms with Crippen LogP contribution in [0.25, 0.3) is 0 Å². The number of carbonyl (C=O) groups excluding carboxylic acids is 2. The van der Waals surface area contributed by atoms with Crippen molar-refractivity contribution in [2.24, 2.45) is 0 Å². The van der Waals surface area contributed by atoms with Crippen molar-refractivity contribution in [1.82, 2.24) is 5.32 Å². The number of halogens is 1. The standard InChI is InChI=1S/C21H31BrN2O2/c1-16-13-14-19(18(22)15-16)24-21(26)20(25)23-17-11-9-7-5-3-2-4-6-8-10-12-17/h13-15,17H,2-12H2,1H3,(H,23,25)(H,24,26). The van der Waals surface area contributed by atoms with E-state index in [1.807, 2.05) is 19.1 Å². The van der Waals surface area contributed by atoms with Crippen LogP contribution in [0.4, 0.5) is 5.69 Å². The maximum Gasteiger partial charge on any atom is 0.313 e. The topological polar surface area (TPSA) is 58.2 Å². The van der Waals surface area contributed by atoms with Crippen LogP contribution in [0.1, 0.15) is 76.2 Å². The Bertz CT molecular complexity index is 592. The molecule has 4 nitrogen and oxygen atoms in total. The van der Waals surface area contributed by atoms with Crippen molar-refractivity contribution in [2.75, 3.05) is 5.32 Å². The second kappa shape index (κ2) is 11.4. The van der Waals surface area contributed by atoms with E-state index in [4.69, 9.17) is 0 Å². The average Bonchev–Trinajstić information content (AvgIpc) is 2.59. The summed E-state index contributed by atoms with van der Waals surface area (Å²) in [6.07, 6.45) is 13.2. The van der Waals surface area contributed by atoms with Gasteiger partial charge in [0.25, 0.3) is 0 Å². The van der Waals surface area contributed by atoms with Crippen LogP contribution in [0, 0.1) is 6.92 Å². The highest BCUT2D eigenvalue weighted by atomic mass is 79.9. The van der Waals surface area contributed by atoms with Gasteiger partial charge in [-0.15, -0.1) is 0 Å². The highest BCUT2D eigenvalue weighted by Crippen LogP contribution is 2.23. The first-order valence-corrected chi connectivity index (χ1v) is 10.7. The molecule has 2 amide bonds. The predicted octanol–water partition coefficient (Wildman–Crippen LogP) is 5.49. The van der Waals surface area contributed by atoms with E-state index in [0.29, 0.717) is 5.69 Å². The molecule has 1 aliphatic carbocycles. The smallest absolute Gasteiger partial charge is 0.313 e. The lowest BCUT2D eigenvalue weighted by Gasteiger charge is -2.19. The van der Waals surface area contributed by atoms with E-state index in [-0.39, 0.29) is 6.04 Å². The maximum atomic E-state index is 12.3. The quantitative estimate of drug-likeness (QED) is 0.619. The number of carbonyl (C=O) groups is 2. The van der Waals surface area contributed by atoms with E-state index in [1.165, 1.54) is 44.9 Å². The lowest BCUT2D eigenvalue weighted by Crippen LogP contribution is -2.42. The number of nitrogens with one attached hydrogen (secondary N) is 2. The SMILES string of the molecule is Cc1ccc(NC(=O)C(=O)NC2CCCCCCCCCCC2)c(Br)c1. The van der Waals surface area contributed by atoms with Crippen molar-refractivity contribution in [3.63, 3.8) is 0 Å². The zero-order chi connectivity index (χ0) is 18.8. The summed E-state index contributed by atoms with van der Waals surface area (Å²) in [6, 6.07) is 5.74. The van der Waals surface area contributed by atoms with E-state index in [2.05, 4.69) is 26.6 Å². The molecule has 144 valence electrons. The van der Waals surface area contributed by atoms with Gasteiger partial charge in [0.1, 0.15) is 0 Å². The zero-order valence-corrected chi connectivity index (χ0v) is 17.4. The first-order valence-electron chi connectivity index (χ1n) is 9.94. The molecule has 0 spiro atoms. The molecule has 2 N–H and O–H groups in total. The van der Waals surface area contributed by atoms with Gasteiger partial charge in [0, 0.05) is 10.5 Å². The van der Waals surface area contributed by atoms with Gasteiger partial charge < -0.3 is 10.6 Å². The van der Waals surface area contributed by atoms with Crippen LogP contribution in [0.5, 0.6) is 0 Å². The number of hydrogen-bond donors (Lipinski definition) is 2. The van der Waals surface area contributed by atoms with Crippen LogP contribution in [-0.2, 0) is 9.59 Å². The second-order valence-electron chi connectivity index (χ2n) is 7.37. The fraction of sp³-hybridized carbons (Fsp3) is 0.619. The zero-order valence-electron chi connectivity index (χ0n) is 15.8. The summed E-state index contributed by atoms with van der Waals surface area (Å²) in [7, 11) is 0. The molecule has 5 heteroatoms. The molecule has 0 radical (unpaired) electrons. The van der Waals surface area contributed by atoms with Crippen molar-refractivity contribution >= 4 is 33.4 Å². The van der Waals surface area contributed by atoms with Gasteiger partial charge in [-0.05, 0) is 53.4 Å². The minimum Gasteiger partial charge on any atom is -0.345 e. The van der Waals surface area contributed by atoms with E-state index in [0.717, 1.165) is 35.7 Å². The van der Waals surface area contributed by atoms with Gasteiger partial charge in [0.2, 0.25) is 0 Å². The molecule has 1 aliphatic rings. The van der Waals surface area contributed by atoms with Gasteiger partial charge in [0.15, 0.2) is 0 Å². The largest absolute Gasteiger partial charge is 0.345 e. The van der Waals surface area contributed by atoms with Crippen LogP contribution in [0.2, 0.25) is 0 Å². The highest BCUT2D eigenvalue weighted by Gasteiger charge is 2.19. The Kier molecular flexibility index (Phi) is 9.16. The summed E-state index contributed by atoms with van der Waals surface area (Å²) in [6.45, 7) is 1.98. The van der Waals surface area contributed by atoms with Crippen molar-refractivity contribution in [2.45, 2.75) is 83.6 Å². The Hall–Kier alpha value is -1.36. The number of anilines is 1. The minimum atomic E-state index is -0.597. The summed E-state index contributed by atoms with van der Waals surface area (Å²) >= 11 is 3.43. The predicted molar refractivity (Wildman–Crippen MR) is 110 cm³/mol. The van der Waals surface area contributed by atoms with Crippen molar-refractivity contribution < 1.29 is 9.59 Å². The number of rotatable bonds is 2. The van der Waals surface area contributed by atoms with Crippen molar-refractivity contribution in [3.05, 3.63) is 28.2 Å². The maximum absolute atomic E-state index is 12.3. The third kappa shape index (κ3) is 7.48. The van der Waals surface area contributed by atoms with Gasteiger partial charge in [-0.2, -0.15) is 0 Å². The van der Waals surface area contributed by atoms with Crippen LogP contribution in [-0.4, -0.2) is 17.9 Å². The van der Waals surface area contributed by atoms with Crippen LogP contribution in [0.3, 0.4) is 0 Å². The Labute approximate surface area is 165 Å². The van der Waals surface area contributed by atoms with E-state index in [9.17, 15) is 9.59 Å². The summed E-state index contributed by atoms with van der Waals surface area (Å²) in [5.41, 5.74) is 1.71. The van der Waals surface area contributed by atoms with Crippen molar-refractivity contribution in [1.29, 1.82) is 0 Å². The molecular formula is C21H31BrN2O2. The van der Waals surface area contributed by atoms with Crippen molar-refractivity contribution in [3.8, 4) is 0 Å². The minimum absolute atomic E-state index is 0.106. The first kappa shape index (κ1) is 20.9. The molecule has 0 aliphatic heterocycles. The third-order valence-corrected chi connectivity index (χ3v) is 5.68. The Morgan fingerprint density at radius 1 is 0.885 bits per heavy atom. The molecule has 2 rings (SSSR count). The monoisotopic (exact) mass is 422 g/mol. The molecule has 0 bridgehead atoms. The normalized spacial score (nSPS) is 17.6. The van der Waals surface area contributed by atoms with Crippen LogP contribution >= 0.6 is 15.9 Å². The van der Waals surface area contributed by atoms with Gasteiger partial charge in [-0.25, -0.2) is 0 Å². The number of benzene rings is 1. The molecule has 0 unspecified atom stereocenters. The van der Waals surface area contributed by atoms with Gasteiger partial charge in [-0.3, -0.25) is 9.59 Å². The van der Waals surface area contributed by atoms with Crippen LogP contribution < -0.4 is 10.6 Å². The lowest BCUT2D eigenvalue weighted by molar-refractivity contribution is -0.136. The molecule has 1 aromatic carbocycles. The molecule has 1 aromatic rings. The fourth-order valence-electron chi connectivity index (χ4n) is 3.46. The molecule has 0 aromatic heterocycles. The molecule has 1 fully saturated rings. The molecule has 0 atom stereocenters. The molecule has 0 heterocycles. The Morgan fingerprint density at radius 2 is 1.42 bits per heavy atom. The third-order valence-electron chi connectivity index (χ3n) is 5.02. The highest BCUT2D eigenvalue weighted by molar-refractivity contribution is 9.10. The molecular weight excluding hydrogens is 392 g/mol. The van der Waals surface area contributed by atoms with E-state index >= 15 is 0 Å². The first-order chi connectivity index (χ1) is 12.6. The van der Waals surface area contributed by atoms with E-state index in [1.54, 1.807) is 6.07 Å². The number of hydrogen-bond acceptors (Lipinski definition) is 2. The Morgan fingerprint density at radius 3 is 1.96 bits per heavy atom. The molecule has 0 saturated heterocycles. The van der Waals surface area contributed by atoms with Gasteiger partial charge >= 0.3 is 11.8 Å². The lowest BCUT2D eigenvalue weighted by atomic mass is 9.98.